The second-order valence-electron chi connectivity index (χ2n) is 5.28. The minimum absolute atomic E-state index is 0.0147. The van der Waals surface area contributed by atoms with Crippen LogP contribution in [0.25, 0.3) is 0 Å². The number of rotatable bonds is 5. The highest BCUT2D eigenvalue weighted by atomic mass is 16.6. The molecule has 0 saturated carbocycles. The maximum Gasteiger partial charge on any atom is 0.410 e. The Morgan fingerprint density at radius 3 is 2.55 bits per heavy atom. The zero-order valence-corrected chi connectivity index (χ0v) is 12.8. The van der Waals surface area contributed by atoms with Crippen LogP contribution in [0.1, 0.15) is 18.4 Å². The lowest BCUT2D eigenvalue weighted by Gasteiger charge is -2.30. The van der Waals surface area contributed by atoms with E-state index in [2.05, 4.69) is 5.32 Å². The van der Waals surface area contributed by atoms with Gasteiger partial charge in [-0.05, 0) is 18.4 Å². The average Bonchev–Trinajstić information content (AvgIpc) is 2.58. The van der Waals surface area contributed by atoms with E-state index in [9.17, 15) is 9.59 Å². The summed E-state index contributed by atoms with van der Waals surface area (Å²) in [6.45, 7) is 1.57. The van der Waals surface area contributed by atoms with Gasteiger partial charge in [0.2, 0.25) is 5.91 Å². The molecule has 2 rings (SSSR count). The molecule has 0 aliphatic carbocycles. The highest BCUT2D eigenvalue weighted by molar-refractivity contribution is 5.79. The second-order valence-corrected chi connectivity index (χ2v) is 5.28. The number of nitrogens with one attached hydrogen (secondary N) is 1. The first-order valence-corrected chi connectivity index (χ1v) is 7.43. The lowest BCUT2D eigenvalue weighted by atomic mass is 9.96. The number of carbonyl (C=O) groups excluding carboxylic acids is 2. The van der Waals surface area contributed by atoms with E-state index in [0.29, 0.717) is 25.9 Å². The van der Waals surface area contributed by atoms with E-state index < -0.39 is 0 Å². The Labute approximate surface area is 130 Å². The van der Waals surface area contributed by atoms with Crippen LogP contribution in [0.2, 0.25) is 0 Å². The smallest absolute Gasteiger partial charge is 0.410 e. The molecule has 2 amide bonds. The molecule has 120 valence electrons. The third-order valence-electron chi connectivity index (χ3n) is 3.72. The van der Waals surface area contributed by atoms with Gasteiger partial charge in [0, 0.05) is 26.1 Å². The van der Waals surface area contributed by atoms with Crippen molar-refractivity contribution in [2.45, 2.75) is 19.4 Å². The maximum absolute atomic E-state index is 12.0. The quantitative estimate of drug-likeness (QED) is 0.842. The Morgan fingerprint density at radius 2 is 1.91 bits per heavy atom. The van der Waals surface area contributed by atoms with Crippen LogP contribution < -0.4 is 5.32 Å². The molecule has 0 spiro atoms. The van der Waals surface area contributed by atoms with E-state index in [1.54, 1.807) is 4.90 Å². The van der Waals surface area contributed by atoms with Gasteiger partial charge in [0.15, 0.2) is 0 Å². The molecule has 0 atom stereocenters. The Kier molecular flexibility index (Phi) is 6.21. The number of amides is 2. The van der Waals surface area contributed by atoms with Gasteiger partial charge >= 0.3 is 6.09 Å². The molecule has 6 nitrogen and oxygen atoms in total. The van der Waals surface area contributed by atoms with Crippen LogP contribution >= 0.6 is 0 Å². The van der Waals surface area contributed by atoms with Gasteiger partial charge in [-0.1, -0.05) is 30.3 Å². The summed E-state index contributed by atoms with van der Waals surface area (Å²) < 4.78 is 10.1. The summed E-state index contributed by atoms with van der Waals surface area (Å²) >= 11 is 0. The molecule has 1 fully saturated rings. The minimum Gasteiger partial charge on any atom is -0.445 e. The van der Waals surface area contributed by atoms with Crippen LogP contribution in [-0.4, -0.2) is 43.8 Å². The maximum atomic E-state index is 12.0. The van der Waals surface area contributed by atoms with Gasteiger partial charge in [-0.25, -0.2) is 4.79 Å². The van der Waals surface area contributed by atoms with Crippen LogP contribution in [0.4, 0.5) is 4.79 Å². The first-order valence-electron chi connectivity index (χ1n) is 7.43. The summed E-state index contributed by atoms with van der Waals surface area (Å²) in [5, 5.41) is 2.70. The van der Waals surface area contributed by atoms with Gasteiger partial charge in [0.1, 0.15) is 13.3 Å². The molecule has 1 aromatic carbocycles. The van der Waals surface area contributed by atoms with Crippen LogP contribution in [0.5, 0.6) is 0 Å². The fourth-order valence-electron chi connectivity index (χ4n) is 2.42. The summed E-state index contributed by atoms with van der Waals surface area (Å²) in [7, 11) is 1.53. The second kappa shape index (κ2) is 8.38. The molecule has 0 aromatic heterocycles. The molecule has 0 unspecified atom stereocenters. The summed E-state index contributed by atoms with van der Waals surface area (Å²) in [5.74, 6) is -0.0764. The molecule has 1 saturated heterocycles. The van der Waals surface area contributed by atoms with Gasteiger partial charge in [-0.15, -0.1) is 0 Å². The minimum atomic E-state index is -0.320. The molecule has 6 heteroatoms. The molecule has 1 aliphatic rings. The molecule has 1 N–H and O–H groups in total. The molecule has 1 aliphatic heterocycles. The lowest BCUT2D eigenvalue weighted by molar-refractivity contribution is -0.127. The average molecular weight is 306 g/mol. The summed E-state index contributed by atoms with van der Waals surface area (Å²) in [6.07, 6.45) is 0.978. The zero-order valence-electron chi connectivity index (χ0n) is 12.8. The fraction of sp³-hybridized carbons (Fsp3) is 0.500. The van der Waals surface area contributed by atoms with Crippen molar-refractivity contribution in [3.8, 4) is 0 Å². The van der Waals surface area contributed by atoms with Gasteiger partial charge in [-0.2, -0.15) is 0 Å². The summed E-state index contributed by atoms with van der Waals surface area (Å²) in [6, 6.07) is 9.57. The first-order chi connectivity index (χ1) is 10.7. The van der Waals surface area contributed by atoms with Crippen LogP contribution in [-0.2, 0) is 20.9 Å². The number of nitrogens with zero attached hydrogens (tertiary/aromatic N) is 1. The van der Waals surface area contributed by atoms with Crippen LogP contribution in [0, 0.1) is 5.92 Å². The monoisotopic (exact) mass is 306 g/mol. The number of piperidine rings is 1. The Morgan fingerprint density at radius 1 is 1.23 bits per heavy atom. The molecule has 22 heavy (non-hydrogen) atoms. The van der Waals surface area contributed by atoms with Crippen molar-refractivity contribution >= 4 is 12.0 Å². The van der Waals surface area contributed by atoms with E-state index >= 15 is 0 Å². The molecule has 0 bridgehead atoms. The standard InChI is InChI=1S/C16H22N2O4/c1-21-12-17-15(19)14-7-9-18(10-8-14)16(20)22-11-13-5-3-2-4-6-13/h2-6,14H,7-12H2,1H3,(H,17,19). The largest absolute Gasteiger partial charge is 0.445 e. The summed E-state index contributed by atoms with van der Waals surface area (Å²) in [4.78, 5) is 25.5. The Bertz CT molecular complexity index is 484. The van der Waals surface area contributed by atoms with Gasteiger partial charge in [0.05, 0.1) is 0 Å². The Balaban J connectivity index is 1.72. The third-order valence-corrected chi connectivity index (χ3v) is 3.72. The Hall–Kier alpha value is -2.08. The zero-order chi connectivity index (χ0) is 15.8. The van der Waals surface area contributed by atoms with Crippen molar-refractivity contribution in [3.05, 3.63) is 35.9 Å². The predicted molar refractivity (Wildman–Crippen MR) is 80.9 cm³/mol. The summed E-state index contributed by atoms with van der Waals surface area (Å²) in [5.41, 5.74) is 0.963. The number of carbonyl (C=O) groups is 2. The molecule has 1 heterocycles. The molecule has 1 aromatic rings. The first kappa shape index (κ1) is 16.3. The third kappa shape index (κ3) is 4.73. The van der Waals surface area contributed by atoms with Crippen molar-refractivity contribution in [3.63, 3.8) is 0 Å². The van der Waals surface area contributed by atoms with E-state index in [0.717, 1.165) is 5.56 Å². The highest BCUT2D eigenvalue weighted by Crippen LogP contribution is 2.18. The van der Waals surface area contributed by atoms with Gasteiger partial charge in [0.25, 0.3) is 0 Å². The lowest BCUT2D eigenvalue weighted by Crippen LogP contribution is -2.43. The van der Waals surface area contributed by atoms with Crippen LogP contribution in [0.3, 0.4) is 0 Å². The van der Waals surface area contributed by atoms with Gasteiger partial charge < -0.3 is 19.7 Å². The fourth-order valence-corrected chi connectivity index (χ4v) is 2.42. The number of likely N-dealkylation sites (tertiary alicyclic amines) is 1. The molecular formula is C16H22N2O4. The molecular weight excluding hydrogens is 284 g/mol. The van der Waals surface area contributed by atoms with E-state index in [-0.39, 0.29) is 31.3 Å². The number of hydrogen-bond acceptors (Lipinski definition) is 4. The SMILES string of the molecule is COCNC(=O)C1CCN(C(=O)OCc2ccccc2)CC1. The topological polar surface area (TPSA) is 67.9 Å². The van der Waals surface area contributed by atoms with Crippen molar-refractivity contribution in [2.75, 3.05) is 26.9 Å². The van der Waals surface area contributed by atoms with Crippen LogP contribution in [0.15, 0.2) is 30.3 Å². The van der Waals surface area contributed by atoms with Crippen molar-refractivity contribution < 1.29 is 19.1 Å². The van der Waals surface area contributed by atoms with Crippen molar-refractivity contribution in [1.29, 1.82) is 0 Å². The van der Waals surface area contributed by atoms with E-state index in [1.165, 1.54) is 7.11 Å². The highest BCUT2D eigenvalue weighted by Gasteiger charge is 2.27. The van der Waals surface area contributed by atoms with E-state index in [4.69, 9.17) is 9.47 Å². The van der Waals surface area contributed by atoms with E-state index in [1.807, 2.05) is 30.3 Å². The van der Waals surface area contributed by atoms with Gasteiger partial charge in [-0.3, -0.25) is 4.79 Å². The number of methoxy groups -OCH3 is 1. The number of benzene rings is 1. The van der Waals surface area contributed by atoms with Crippen molar-refractivity contribution in [2.24, 2.45) is 5.92 Å². The normalized spacial score (nSPS) is 15.4. The number of ether oxygens (including phenoxy) is 2. The number of hydrogen-bond donors (Lipinski definition) is 1. The predicted octanol–water partition coefficient (Wildman–Crippen LogP) is 1.76. The van der Waals surface area contributed by atoms with Crippen molar-refractivity contribution in [1.82, 2.24) is 10.2 Å². The molecule has 0 radical (unpaired) electrons.